The van der Waals surface area contributed by atoms with Crippen molar-refractivity contribution in [3.8, 4) is 0 Å². The van der Waals surface area contributed by atoms with E-state index in [9.17, 15) is 19.2 Å². The van der Waals surface area contributed by atoms with Gasteiger partial charge in [-0.05, 0) is 31.4 Å². The Bertz CT molecular complexity index is 581. The van der Waals surface area contributed by atoms with Crippen LogP contribution in [0.15, 0.2) is 29.5 Å². The van der Waals surface area contributed by atoms with Gasteiger partial charge in [0, 0.05) is 24.8 Å². The maximum Gasteiger partial charge on any atom is 0.303 e. The molecule has 1 aliphatic carbocycles. The fourth-order valence-electron chi connectivity index (χ4n) is 2.38. The van der Waals surface area contributed by atoms with E-state index in [1.54, 1.807) is 6.08 Å². The second-order valence-electron chi connectivity index (χ2n) is 5.50. The van der Waals surface area contributed by atoms with Gasteiger partial charge in [0.05, 0.1) is 5.57 Å². The topological polar surface area (TPSA) is 141 Å². The summed E-state index contributed by atoms with van der Waals surface area (Å²) in [6.45, 7) is 0. The third-order valence-corrected chi connectivity index (χ3v) is 3.67. The molecule has 0 unspecified atom stereocenters. The molecule has 1 amide bonds. The first-order valence-corrected chi connectivity index (χ1v) is 7.35. The van der Waals surface area contributed by atoms with Crippen molar-refractivity contribution in [3.05, 3.63) is 29.5 Å². The summed E-state index contributed by atoms with van der Waals surface area (Å²) in [5.41, 5.74) is 1.69. The number of hydrogen-bond acceptors (Lipinski definition) is 4. The molecule has 1 aliphatic rings. The zero-order valence-corrected chi connectivity index (χ0v) is 12.9. The van der Waals surface area contributed by atoms with Crippen LogP contribution >= 0.6 is 0 Å². The standard InChI is InChI=1S/C16H19NO7/c18-12(19)5-8-16(9-6-13(20)21,10-7-14(22)23)17-15(24)11-3-1-2-4-11/h1-3H,5-10H2,(H,17,24)(H,18,19)(H,20,21)(H,22,23). The average molecular weight is 337 g/mol. The lowest BCUT2D eigenvalue weighted by molar-refractivity contribution is -0.138. The summed E-state index contributed by atoms with van der Waals surface area (Å²) >= 11 is 0. The lowest BCUT2D eigenvalue weighted by atomic mass is 9.83. The number of allylic oxidation sites excluding steroid dienone is 1. The molecule has 1 rings (SSSR count). The summed E-state index contributed by atoms with van der Waals surface area (Å²) < 4.78 is 0. The van der Waals surface area contributed by atoms with E-state index in [1.807, 2.05) is 0 Å². The van der Waals surface area contributed by atoms with Crippen LogP contribution in [0.1, 0.15) is 38.5 Å². The third-order valence-electron chi connectivity index (χ3n) is 3.67. The minimum atomic E-state index is -1.22. The Balaban J connectivity index is 3.00. The Morgan fingerprint density at radius 3 is 1.71 bits per heavy atom. The second-order valence-corrected chi connectivity index (χ2v) is 5.50. The molecule has 8 heteroatoms. The van der Waals surface area contributed by atoms with Crippen LogP contribution < -0.4 is 5.32 Å². The van der Waals surface area contributed by atoms with Gasteiger partial charge in [0.25, 0.3) is 5.91 Å². The molecule has 24 heavy (non-hydrogen) atoms. The van der Waals surface area contributed by atoms with Crippen LogP contribution in [-0.4, -0.2) is 44.7 Å². The Morgan fingerprint density at radius 2 is 1.38 bits per heavy atom. The molecular formula is C16H19NO7. The minimum Gasteiger partial charge on any atom is -0.481 e. The largest absolute Gasteiger partial charge is 0.481 e. The van der Waals surface area contributed by atoms with E-state index < -0.39 is 29.4 Å². The highest BCUT2D eigenvalue weighted by Gasteiger charge is 2.34. The van der Waals surface area contributed by atoms with Gasteiger partial charge in [-0.15, -0.1) is 5.73 Å². The summed E-state index contributed by atoms with van der Waals surface area (Å²) in [5.74, 6) is -3.88. The van der Waals surface area contributed by atoms with Crippen LogP contribution in [0.4, 0.5) is 0 Å². The van der Waals surface area contributed by atoms with Gasteiger partial charge in [0.1, 0.15) is 0 Å². The molecule has 130 valence electrons. The van der Waals surface area contributed by atoms with E-state index in [1.165, 1.54) is 12.2 Å². The second kappa shape index (κ2) is 8.69. The van der Waals surface area contributed by atoms with Crippen molar-refractivity contribution in [1.29, 1.82) is 0 Å². The first-order valence-electron chi connectivity index (χ1n) is 7.35. The maximum absolute atomic E-state index is 12.3. The molecule has 4 N–H and O–H groups in total. The molecule has 0 spiro atoms. The molecule has 0 aromatic carbocycles. The number of carboxylic acid groups (broad SMARTS) is 3. The van der Waals surface area contributed by atoms with E-state index in [2.05, 4.69) is 11.0 Å². The molecule has 0 aliphatic heterocycles. The number of aliphatic carboxylic acids is 3. The van der Waals surface area contributed by atoms with Gasteiger partial charge in [-0.2, -0.15) is 0 Å². The van der Waals surface area contributed by atoms with Gasteiger partial charge in [-0.3, -0.25) is 19.2 Å². The summed E-state index contributed by atoms with van der Waals surface area (Å²) in [6, 6.07) is 0. The quantitative estimate of drug-likeness (QED) is 0.413. The summed E-state index contributed by atoms with van der Waals surface area (Å²) in [4.78, 5) is 44.9. The first-order chi connectivity index (χ1) is 11.2. The number of carboxylic acids is 3. The fraction of sp³-hybridized carbons (Fsp3) is 0.438. The van der Waals surface area contributed by atoms with E-state index in [0.717, 1.165) is 0 Å². The molecular weight excluding hydrogens is 318 g/mol. The van der Waals surface area contributed by atoms with Crippen molar-refractivity contribution < 1.29 is 34.5 Å². The number of nitrogens with one attached hydrogen (secondary N) is 1. The number of hydrogen-bond donors (Lipinski definition) is 4. The first kappa shape index (κ1) is 19.2. The van der Waals surface area contributed by atoms with Crippen LogP contribution in [0.2, 0.25) is 0 Å². The number of rotatable bonds is 11. The Labute approximate surface area is 138 Å². The lowest BCUT2D eigenvalue weighted by Crippen LogP contribution is -2.49. The molecule has 0 radical (unpaired) electrons. The predicted molar refractivity (Wildman–Crippen MR) is 82.2 cm³/mol. The van der Waals surface area contributed by atoms with Gasteiger partial charge in [-0.25, -0.2) is 0 Å². The van der Waals surface area contributed by atoms with Crippen molar-refractivity contribution >= 4 is 23.8 Å². The monoisotopic (exact) mass is 337 g/mol. The van der Waals surface area contributed by atoms with Crippen molar-refractivity contribution in [3.63, 3.8) is 0 Å². The van der Waals surface area contributed by atoms with Crippen molar-refractivity contribution in [2.24, 2.45) is 0 Å². The van der Waals surface area contributed by atoms with Gasteiger partial charge in [0.15, 0.2) is 0 Å². The fourth-order valence-corrected chi connectivity index (χ4v) is 2.38. The highest BCUT2D eigenvalue weighted by atomic mass is 16.4. The van der Waals surface area contributed by atoms with Crippen LogP contribution in [0.25, 0.3) is 0 Å². The SMILES string of the molecule is O=C(O)CCC(CCC(=O)O)(CCC(=O)O)NC(=O)C1=C=CC=C1. The highest BCUT2D eigenvalue weighted by Crippen LogP contribution is 2.27. The summed E-state index contributed by atoms with van der Waals surface area (Å²) in [7, 11) is 0. The molecule has 0 heterocycles. The normalized spacial score (nSPS) is 12.8. The highest BCUT2D eigenvalue weighted by molar-refractivity contribution is 5.97. The molecule has 0 aromatic heterocycles. The van der Waals surface area contributed by atoms with Crippen LogP contribution in [0, 0.1) is 0 Å². The van der Waals surface area contributed by atoms with E-state index in [0.29, 0.717) is 0 Å². The number of amides is 1. The smallest absolute Gasteiger partial charge is 0.303 e. The number of carbonyl (C=O) groups excluding carboxylic acids is 1. The van der Waals surface area contributed by atoms with E-state index in [4.69, 9.17) is 15.3 Å². The van der Waals surface area contributed by atoms with Crippen molar-refractivity contribution in [2.45, 2.75) is 44.1 Å². The molecule has 8 nitrogen and oxygen atoms in total. The van der Waals surface area contributed by atoms with Crippen LogP contribution in [0.5, 0.6) is 0 Å². The van der Waals surface area contributed by atoms with E-state index in [-0.39, 0.29) is 44.1 Å². The molecule has 0 aromatic rings. The zero-order valence-electron chi connectivity index (χ0n) is 12.9. The van der Waals surface area contributed by atoms with Gasteiger partial charge in [0.2, 0.25) is 0 Å². The van der Waals surface area contributed by atoms with Crippen molar-refractivity contribution in [1.82, 2.24) is 5.32 Å². The summed E-state index contributed by atoms with van der Waals surface area (Å²) in [5, 5.41) is 29.3. The zero-order chi connectivity index (χ0) is 18.2. The average Bonchev–Trinajstić information content (AvgIpc) is 3.03. The van der Waals surface area contributed by atoms with Gasteiger partial charge in [-0.1, -0.05) is 6.08 Å². The molecule has 0 saturated carbocycles. The Kier molecular flexibility index (Phi) is 6.95. The van der Waals surface area contributed by atoms with Crippen molar-refractivity contribution in [2.75, 3.05) is 0 Å². The molecule has 0 bridgehead atoms. The van der Waals surface area contributed by atoms with Gasteiger partial charge >= 0.3 is 17.9 Å². The van der Waals surface area contributed by atoms with E-state index >= 15 is 0 Å². The van der Waals surface area contributed by atoms with Crippen LogP contribution in [0.3, 0.4) is 0 Å². The maximum atomic E-state index is 12.3. The lowest BCUT2D eigenvalue weighted by Gasteiger charge is -2.34. The Morgan fingerprint density at radius 1 is 0.917 bits per heavy atom. The molecule has 0 saturated heterocycles. The third kappa shape index (κ3) is 6.50. The molecule has 0 fully saturated rings. The van der Waals surface area contributed by atoms with Gasteiger partial charge < -0.3 is 20.6 Å². The Hall–Kier alpha value is -2.86. The molecule has 0 atom stereocenters. The number of carbonyl (C=O) groups is 4. The van der Waals surface area contributed by atoms with Crippen LogP contribution in [-0.2, 0) is 19.2 Å². The summed E-state index contributed by atoms with van der Waals surface area (Å²) in [6.07, 6.45) is 3.51. The predicted octanol–water partition coefficient (Wildman–Crippen LogP) is 1.09. The minimum absolute atomic E-state index is 0.0602.